The first-order valence-electron chi connectivity index (χ1n) is 5.58. The smallest absolute Gasteiger partial charge is 0.446 e. The van der Waals surface area contributed by atoms with Crippen molar-refractivity contribution in [2.75, 3.05) is 5.32 Å². The largest absolute Gasteiger partial charge is 0.472 e. The third kappa shape index (κ3) is 4.24. The molecule has 2 nitrogen and oxygen atoms in total. The Kier molecular flexibility index (Phi) is 4.09. The number of nitrogens with one attached hydrogen (secondary N) is 1. The van der Waals surface area contributed by atoms with E-state index in [0.29, 0.717) is 0 Å². The maximum Gasteiger partial charge on any atom is 0.446 e. The van der Waals surface area contributed by atoms with Gasteiger partial charge in [0.1, 0.15) is 0 Å². The van der Waals surface area contributed by atoms with Crippen LogP contribution in [0, 0.1) is 0 Å². The van der Waals surface area contributed by atoms with E-state index in [4.69, 9.17) is 4.42 Å². The monoisotopic (exact) mass is 287 g/mol. The number of halogens is 3. The van der Waals surface area contributed by atoms with E-state index < -0.39 is 5.51 Å². The summed E-state index contributed by atoms with van der Waals surface area (Å²) in [6.45, 7) is 1.95. The lowest BCUT2D eigenvalue weighted by atomic mass is 10.1. The number of alkyl halides is 3. The standard InChI is InChI=1S/C13H12F3NOS/c1-9(10-6-7-18-8-10)17-11-2-4-12(5-3-11)19-13(14,15)16/h2-9,17H,1H3. The predicted octanol–water partition coefficient (Wildman–Crippen LogP) is 5.06. The maximum absolute atomic E-state index is 12.2. The Morgan fingerprint density at radius 2 is 1.84 bits per heavy atom. The highest BCUT2D eigenvalue weighted by Crippen LogP contribution is 2.37. The number of anilines is 1. The molecule has 2 rings (SSSR count). The van der Waals surface area contributed by atoms with Crippen LogP contribution in [-0.4, -0.2) is 5.51 Å². The van der Waals surface area contributed by atoms with Crippen LogP contribution in [0.4, 0.5) is 18.9 Å². The van der Waals surface area contributed by atoms with E-state index in [0.717, 1.165) is 11.3 Å². The van der Waals surface area contributed by atoms with E-state index in [-0.39, 0.29) is 22.7 Å². The van der Waals surface area contributed by atoms with E-state index in [2.05, 4.69) is 5.32 Å². The minimum absolute atomic E-state index is 0.0277. The Balaban J connectivity index is 1.99. The summed E-state index contributed by atoms with van der Waals surface area (Å²) < 4.78 is 41.5. The van der Waals surface area contributed by atoms with Gasteiger partial charge in [0.25, 0.3) is 0 Å². The number of thioether (sulfide) groups is 1. The van der Waals surface area contributed by atoms with Crippen molar-refractivity contribution in [2.45, 2.75) is 23.4 Å². The van der Waals surface area contributed by atoms with Crippen LogP contribution in [0.5, 0.6) is 0 Å². The van der Waals surface area contributed by atoms with Crippen LogP contribution in [0.15, 0.2) is 52.2 Å². The average Bonchev–Trinajstić information content (AvgIpc) is 2.83. The van der Waals surface area contributed by atoms with Gasteiger partial charge in [0.05, 0.1) is 18.6 Å². The van der Waals surface area contributed by atoms with Gasteiger partial charge in [-0.25, -0.2) is 0 Å². The molecule has 0 amide bonds. The molecule has 0 aliphatic rings. The molecule has 0 spiro atoms. The van der Waals surface area contributed by atoms with Crippen LogP contribution in [0.25, 0.3) is 0 Å². The molecule has 2 aromatic rings. The van der Waals surface area contributed by atoms with Crippen molar-refractivity contribution in [1.29, 1.82) is 0 Å². The molecule has 1 aromatic heterocycles. The maximum atomic E-state index is 12.2. The van der Waals surface area contributed by atoms with E-state index in [1.807, 2.05) is 13.0 Å². The van der Waals surface area contributed by atoms with Gasteiger partial charge >= 0.3 is 5.51 Å². The number of rotatable bonds is 4. The first kappa shape index (κ1) is 13.9. The fourth-order valence-corrected chi connectivity index (χ4v) is 2.15. The van der Waals surface area contributed by atoms with E-state index in [1.54, 1.807) is 24.7 Å². The van der Waals surface area contributed by atoms with Gasteiger partial charge in [-0.2, -0.15) is 13.2 Å². The van der Waals surface area contributed by atoms with Crippen molar-refractivity contribution in [3.63, 3.8) is 0 Å². The first-order valence-corrected chi connectivity index (χ1v) is 6.40. The fourth-order valence-electron chi connectivity index (χ4n) is 1.61. The summed E-state index contributed by atoms with van der Waals surface area (Å²) in [5.74, 6) is 0. The molecule has 0 fully saturated rings. The first-order chi connectivity index (χ1) is 8.94. The third-order valence-electron chi connectivity index (χ3n) is 2.51. The molecule has 0 aliphatic carbocycles. The molecule has 0 saturated heterocycles. The van der Waals surface area contributed by atoms with E-state index in [1.165, 1.54) is 12.1 Å². The van der Waals surface area contributed by atoms with Gasteiger partial charge in [0.15, 0.2) is 0 Å². The quantitative estimate of drug-likeness (QED) is 0.795. The summed E-state index contributed by atoms with van der Waals surface area (Å²) >= 11 is -0.117. The molecular formula is C13H12F3NOS. The third-order valence-corrected chi connectivity index (χ3v) is 3.25. The predicted molar refractivity (Wildman–Crippen MR) is 69.1 cm³/mol. The minimum Gasteiger partial charge on any atom is -0.472 e. The highest BCUT2D eigenvalue weighted by atomic mass is 32.2. The highest BCUT2D eigenvalue weighted by Gasteiger charge is 2.28. The molecule has 1 aromatic carbocycles. The van der Waals surface area contributed by atoms with Crippen molar-refractivity contribution >= 4 is 17.4 Å². The number of benzene rings is 1. The van der Waals surface area contributed by atoms with Gasteiger partial charge < -0.3 is 9.73 Å². The van der Waals surface area contributed by atoms with Crippen LogP contribution in [0.1, 0.15) is 18.5 Å². The molecule has 19 heavy (non-hydrogen) atoms. The molecule has 0 aliphatic heterocycles. The molecule has 6 heteroatoms. The Morgan fingerprint density at radius 1 is 1.16 bits per heavy atom. The lowest BCUT2D eigenvalue weighted by Crippen LogP contribution is -2.05. The summed E-state index contributed by atoms with van der Waals surface area (Å²) in [6, 6.07) is 8.02. The number of hydrogen-bond acceptors (Lipinski definition) is 3. The van der Waals surface area contributed by atoms with Crippen LogP contribution >= 0.6 is 11.8 Å². The lowest BCUT2D eigenvalue weighted by Gasteiger charge is -2.14. The molecule has 0 bridgehead atoms. The summed E-state index contributed by atoms with van der Waals surface area (Å²) in [6.07, 6.45) is 3.21. The molecule has 0 saturated carbocycles. The van der Waals surface area contributed by atoms with Gasteiger partial charge in [-0.1, -0.05) is 0 Å². The topological polar surface area (TPSA) is 25.2 Å². The van der Waals surface area contributed by atoms with E-state index in [9.17, 15) is 13.2 Å². The van der Waals surface area contributed by atoms with E-state index >= 15 is 0 Å². The van der Waals surface area contributed by atoms with Crippen molar-refractivity contribution in [1.82, 2.24) is 0 Å². The second-order valence-corrected chi connectivity index (χ2v) is 5.13. The van der Waals surface area contributed by atoms with Gasteiger partial charge in [-0.15, -0.1) is 0 Å². The molecule has 1 unspecified atom stereocenters. The number of furan rings is 1. The normalized spacial score (nSPS) is 13.3. The molecule has 102 valence electrons. The Labute approximate surface area is 113 Å². The Hall–Kier alpha value is -1.56. The second-order valence-electron chi connectivity index (χ2n) is 3.99. The fraction of sp³-hybridized carbons (Fsp3) is 0.231. The Morgan fingerprint density at radius 3 is 2.37 bits per heavy atom. The average molecular weight is 287 g/mol. The van der Waals surface area contributed by atoms with Crippen molar-refractivity contribution in [2.24, 2.45) is 0 Å². The molecule has 1 heterocycles. The van der Waals surface area contributed by atoms with Crippen LogP contribution in [0.3, 0.4) is 0 Å². The lowest BCUT2D eigenvalue weighted by molar-refractivity contribution is -0.0328. The van der Waals surface area contributed by atoms with Crippen molar-refractivity contribution in [3.8, 4) is 0 Å². The minimum atomic E-state index is -4.25. The van der Waals surface area contributed by atoms with Gasteiger partial charge in [-0.05, 0) is 49.0 Å². The SMILES string of the molecule is CC(Nc1ccc(SC(F)(F)F)cc1)c1ccoc1. The summed E-state index contributed by atoms with van der Waals surface area (Å²) in [7, 11) is 0. The molecular weight excluding hydrogens is 275 g/mol. The Bertz CT molecular complexity index is 508. The highest BCUT2D eigenvalue weighted by molar-refractivity contribution is 8.00. The van der Waals surface area contributed by atoms with Crippen LogP contribution in [0.2, 0.25) is 0 Å². The molecule has 1 N–H and O–H groups in total. The molecule has 1 atom stereocenters. The van der Waals surface area contributed by atoms with Gasteiger partial charge in [-0.3, -0.25) is 0 Å². The van der Waals surface area contributed by atoms with Gasteiger partial charge in [0, 0.05) is 16.1 Å². The van der Waals surface area contributed by atoms with Gasteiger partial charge in [0.2, 0.25) is 0 Å². The summed E-state index contributed by atoms with van der Waals surface area (Å²) in [5.41, 5.74) is -2.51. The molecule has 0 radical (unpaired) electrons. The number of hydrogen-bond donors (Lipinski definition) is 1. The zero-order valence-corrected chi connectivity index (χ0v) is 10.9. The summed E-state index contributed by atoms with van der Waals surface area (Å²) in [5, 5.41) is 3.18. The van der Waals surface area contributed by atoms with Crippen molar-refractivity contribution < 1.29 is 17.6 Å². The zero-order valence-electron chi connectivity index (χ0n) is 10.1. The summed E-state index contributed by atoms with van der Waals surface area (Å²) in [4.78, 5) is 0.175. The van der Waals surface area contributed by atoms with Crippen molar-refractivity contribution in [3.05, 3.63) is 48.4 Å². The zero-order chi connectivity index (χ0) is 13.9. The van der Waals surface area contributed by atoms with Crippen LogP contribution in [-0.2, 0) is 0 Å². The van der Waals surface area contributed by atoms with Crippen LogP contribution < -0.4 is 5.32 Å². The second kappa shape index (κ2) is 5.61.